The fourth-order valence-corrected chi connectivity index (χ4v) is 5.59. The van der Waals surface area contributed by atoms with Crippen LogP contribution in [-0.2, 0) is 5.41 Å². The van der Waals surface area contributed by atoms with E-state index in [1.165, 1.54) is 44.5 Å². The van der Waals surface area contributed by atoms with Crippen LogP contribution < -0.4 is 0 Å². The van der Waals surface area contributed by atoms with E-state index in [0.29, 0.717) is 0 Å². The van der Waals surface area contributed by atoms with E-state index in [1.54, 1.807) is 0 Å². The topological polar surface area (TPSA) is 0 Å². The summed E-state index contributed by atoms with van der Waals surface area (Å²) in [6.07, 6.45) is 7.57. The van der Waals surface area contributed by atoms with Crippen molar-refractivity contribution in [3.8, 4) is 11.1 Å². The molecule has 0 aliphatic heterocycles. The van der Waals surface area contributed by atoms with Gasteiger partial charge in [-0.15, -0.1) is 0 Å². The van der Waals surface area contributed by atoms with Gasteiger partial charge in [0.2, 0.25) is 0 Å². The summed E-state index contributed by atoms with van der Waals surface area (Å²) in [7, 11) is 0. The zero-order valence-corrected chi connectivity index (χ0v) is 15.5. The van der Waals surface area contributed by atoms with E-state index in [1.807, 2.05) is 6.08 Å². The molecule has 0 nitrogen and oxygen atoms in total. The van der Waals surface area contributed by atoms with Crippen LogP contribution in [0.4, 0.5) is 0 Å². The van der Waals surface area contributed by atoms with Crippen molar-refractivity contribution in [2.24, 2.45) is 0 Å². The number of halogens is 1. The van der Waals surface area contributed by atoms with Crippen LogP contribution in [0.15, 0.2) is 95.0 Å². The lowest BCUT2D eigenvalue weighted by Gasteiger charge is -2.27. The molecule has 0 heterocycles. The van der Waals surface area contributed by atoms with Gasteiger partial charge in [-0.3, -0.25) is 0 Å². The lowest BCUT2D eigenvalue weighted by atomic mass is 9.69. The number of benzene rings is 3. The number of rotatable bonds is 0. The molecule has 1 heteroatoms. The van der Waals surface area contributed by atoms with Crippen molar-refractivity contribution in [1.82, 2.24) is 0 Å². The van der Waals surface area contributed by atoms with Gasteiger partial charge < -0.3 is 0 Å². The van der Waals surface area contributed by atoms with Gasteiger partial charge in [0.1, 0.15) is 27.6 Å². The minimum atomic E-state index is -0.251. The molecule has 3 aliphatic rings. The highest BCUT2D eigenvalue weighted by atomic mass is 79.9. The smallest absolute Gasteiger partial charge is 0.0618 e. The van der Waals surface area contributed by atoms with Crippen molar-refractivity contribution < 1.29 is 0 Å². The van der Waals surface area contributed by atoms with Crippen LogP contribution in [0.1, 0.15) is 22.3 Å². The third-order valence-corrected chi connectivity index (χ3v) is 6.53. The van der Waals surface area contributed by atoms with Crippen LogP contribution in [-0.4, -0.2) is 0 Å². The summed E-state index contributed by atoms with van der Waals surface area (Å²) in [6.45, 7) is 0. The molecule has 6 rings (SSSR count). The highest BCUT2D eigenvalue weighted by Crippen LogP contribution is 2.63. The Morgan fingerprint density at radius 2 is 1.15 bits per heavy atom. The quantitative estimate of drug-likeness (QED) is 0.386. The fourth-order valence-electron chi connectivity index (χ4n) is 5.03. The Hall–Kier alpha value is -2.73. The van der Waals surface area contributed by atoms with E-state index in [2.05, 4.69) is 101 Å². The maximum Gasteiger partial charge on any atom is 0.138 e. The Kier molecular flexibility index (Phi) is 2.73. The molecule has 0 atom stereocenters. The molecule has 0 saturated heterocycles. The van der Waals surface area contributed by atoms with Crippen molar-refractivity contribution in [2.75, 3.05) is 0 Å². The van der Waals surface area contributed by atoms with Gasteiger partial charge in [-0.25, -0.2) is 0 Å². The van der Waals surface area contributed by atoms with Gasteiger partial charge in [0.05, 0.1) is 5.57 Å². The molecule has 0 unspecified atom stereocenters. The molecule has 0 saturated carbocycles. The minimum absolute atomic E-state index is 0.251. The molecule has 1 spiro atoms. The van der Waals surface area contributed by atoms with Gasteiger partial charge in [0.15, 0.2) is 0 Å². The Morgan fingerprint density at radius 1 is 0.654 bits per heavy atom. The summed E-state index contributed by atoms with van der Waals surface area (Å²) in [4.78, 5) is 0. The lowest BCUT2D eigenvalue weighted by Crippen LogP contribution is -2.26. The maximum absolute atomic E-state index is 3.80. The first-order valence-electron chi connectivity index (χ1n) is 8.83. The van der Waals surface area contributed by atoms with E-state index < -0.39 is 0 Å². The van der Waals surface area contributed by atoms with E-state index >= 15 is 0 Å². The van der Waals surface area contributed by atoms with Crippen LogP contribution >= 0.6 is 15.9 Å². The first-order valence-corrected chi connectivity index (χ1v) is 9.62. The Morgan fingerprint density at radius 3 is 1.77 bits per heavy atom. The van der Waals surface area contributed by atoms with Gasteiger partial charge in [-0.1, -0.05) is 72.8 Å². The highest BCUT2D eigenvalue weighted by molar-refractivity contribution is 9.12. The molecule has 3 aliphatic carbocycles. The first kappa shape index (κ1) is 14.4. The second kappa shape index (κ2) is 4.92. The maximum atomic E-state index is 3.80. The summed E-state index contributed by atoms with van der Waals surface area (Å²) in [5.41, 5.74) is 10.5. The molecule has 120 valence electrons. The van der Waals surface area contributed by atoms with E-state index in [-0.39, 0.29) is 5.41 Å². The van der Waals surface area contributed by atoms with Gasteiger partial charge in [-0.2, -0.15) is 0 Å². The van der Waals surface area contributed by atoms with Gasteiger partial charge in [-0.05, 0) is 27.8 Å². The largest absolute Gasteiger partial charge is 0.138 e. The summed E-state index contributed by atoms with van der Waals surface area (Å²) in [5, 5.41) is 0. The Labute approximate surface area is 161 Å². The zero-order valence-electron chi connectivity index (χ0n) is 14.0. The van der Waals surface area contributed by atoms with E-state index in [0.717, 1.165) is 4.48 Å². The van der Waals surface area contributed by atoms with Crippen LogP contribution in [0.25, 0.3) is 16.7 Å². The summed E-state index contributed by atoms with van der Waals surface area (Å²) < 4.78 is 1.11. The van der Waals surface area contributed by atoms with E-state index in [9.17, 15) is 0 Å². The van der Waals surface area contributed by atoms with Gasteiger partial charge in [0, 0.05) is 27.6 Å². The number of hydrogen-bond acceptors (Lipinski definition) is 0. The predicted octanol–water partition coefficient (Wildman–Crippen LogP) is 6.42. The molecule has 0 amide bonds. The summed E-state index contributed by atoms with van der Waals surface area (Å²) >= 11 is 3.80. The van der Waals surface area contributed by atoms with E-state index in [4.69, 9.17) is 0 Å². The van der Waals surface area contributed by atoms with Gasteiger partial charge >= 0.3 is 0 Å². The standard InChI is InChI=1S/C25H14Br/c26-23-15-7-14-22-24(23)18-10-3-6-13-21(18)25(22)19-11-4-1-8-16(19)17-9-2-5-12-20(17)25/h1-6,8-15H/q+1. The molecular formula is C25H14Br+. The second-order valence-corrected chi connectivity index (χ2v) is 7.83. The van der Waals surface area contributed by atoms with Gasteiger partial charge in [0.25, 0.3) is 0 Å². The van der Waals surface area contributed by atoms with Crippen LogP contribution in [0, 0.1) is 6.08 Å². The summed E-state index contributed by atoms with van der Waals surface area (Å²) in [5.74, 6) is 0. The highest BCUT2D eigenvalue weighted by Gasteiger charge is 2.57. The third-order valence-electron chi connectivity index (χ3n) is 5.90. The first-order chi connectivity index (χ1) is 12.8. The van der Waals surface area contributed by atoms with Crippen molar-refractivity contribution in [3.05, 3.63) is 123 Å². The number of fused-ring (bicyclic) bond motifs is 9. The molecular weight excluding hydrogens is 380 g/mol. The normalized spacial score (nSPS) is 17.3. The molecule has 0 radical (unpaired) electrons. The Bertz CT molecular complexity index is 1140. The Balaban J connectivity index is 1.86. The molecule has 0 bridgehead atoms. The number of allylic oxidation sites excluding steroid dienone is 6. The third kappa shape index (κ3) is 1.50. The van der Waals surface area contributed by atoms with Crippen LogP contribution in [0.2, 0.25) is 0 Å². The average molecular weight is 394 g/mol. The monoisotopic (exact) mass is 393 g/mol. The second-order valence-electron chi connectivity index (χ2n) is 6.98. The van der Waals surface area contributed by atoms with Crippen molar-refractivity contribution in [2.45, 2.75) is 5.41 Å². The molecule has 26 heavy (non-hydrogen) atoms. The van der Waals surface area contributed by atoms with Crippen LogP contribution in [0.3, 0.4) is 0 Å². The molecule has 0 fully saturated rings. The molecule has 3 aromatic carbocycles. The lowest BCUT2D eigenvalue weighted by molar-refractivity contribution is 0.785. The fraction of sp³-hybridized carbons (Fsp3) is 0.0400. The van der Waals surface area contributed by atoms with Crippen molar-refractivity contribution in [1.29, 1.82) is 0 Å². The average Bonchev–Trinajstić information content (AvgIpc) is 3.16. The SMILES string of the molecule is BrC1=C[C+]=CC2=C1c1ccccc1C21c2ccccc2-c2ccccc21. The summed E-state index contributed by atoms with van der Waals surface area (Å²) in [6, 6.07) is 26.5. The molecule has 0 N–H and O–H groups in total. The zero-order chi connectivity index (χ0) is 17.3. The van der Waals surface area contributed by atoms with Crippen molar-refractivity contribution >= 4 is 21.5 Å². The van der Waals surface area contributed by atoms with Crippen LogP contribution in [0.5, 0.6) is 0 Å². The van der Waals surface area contributed by atoms with Crippen molar-refractivity contribution in [3.63, 3.8) is 0 Å². The minimum Gasteiger partial charge on any atom is -0.0618 e. The molecule has 3 aromatic rings. The predicted molar refractivity (Wildman–Crippen MR) is 110 cm³/mol. The molecule has 0 aromatic heterocycles. The number of hydrogen-bond donors (Lipinski definition) is 0.